The Bertz CT molecular complexity index is 1140. The number of carbonyl (C=O) groups is 3. The van der Waals surface area contributed by atoms with Gasteiger partial charge >= 0.3 is 5.97 Å². The summed E-state index contributed by atoms with van der Waals surface area (Å²) in [5, 5.41) is 0.579. The summed E-state index contributed by atoms with van der Waals surface area (Å²) in [7, 11) is 1.44. The second kappa shape index (κ2) is 11.5. The number of halogens is 1. The van der Waals surface area contributed by atoms with Gasteiger partial charge in [-0.2, -0.15) is 0 Å². The van der Waals surface area contributed by atoms with Crippen molar-refractivity contribution in [2.24, 2.45) is 0 Å². The first kappa shape index (κ1) is 23.6. The Hall–Kier alpha value is -4.04. The molecule has 0 aliphatic carbocycles. The van der Waals surface area contributed by atoms with Gasteiger partial charge in [0.2, 0.25) is 0 Å². The summed E-state index contributed by atoms with van der Waals surface area (Å²) < 4.78 is 16.0. The molecule has 170 valence electrons. The van der Waals surface area contributed by atoms with Crippen LogP contribution >= 0.6 is 11.6 Å². The molecular weight excluding hydrogens is 448 g/mol. The molecule has 3 aromatic rings. The number of carbonyl (C=O) groups excluding carboxylic acids is 3. The Morgan fingerprint density at radius 2 is 1.58 bits per heavy atom. The SMILES string of the molecule is COc1cc(C(=O)OCC(=O)NNC(=O)c2ccccc2)ccc1OCc1ccccc1Cl. The number of hydrogen-bond acceptors (Lipinski definition) is 6. The maximum atomic E-state index is 12.3. The van der Waals surface area contributed by atoms with Gasteiger partial charge in [0, 0.05) is 16.1 Å². The summed E-state index contributed by atoms with van der Waals surface area (Å²) in [6, 6.07) is 20.1. The molecule has 0 fully saturated rings. The molecule has 8 nitrogen and oxygen atoms in total. The van der Waals surface area contributed by atoms with Crippen LogP contribution in [-0.2, 0) is 16.1 Å². The van der Waals surface area contributed by atoms with Crippen molar-refractivity contribution in [3.05, 3.63) is 94.5 Å². The zero-order valence-corrected chi connectivity index (χ0v) is 18.4. The van der Waals surface area contributed by atoms with Gasteiger partial charge < -0.3 is 14.2 Å². The number of hydrogen-bond donors (Lipinski definition) is 2. The molecule has 0 aliphatic heterocycles. The molecule has 33 heavy (non-hydrogen) atoms. The Morgan fingerprint density at radius 1 is 0.848 bits per heavy atom. The third-order valence-corrected chi connectivity index (χ3v) is 4.79. The second-order valence-electron chi connectivity index (χ2n) is 6.69. The maximum Gasteiger partial charge on any atom is 0.338 e. The smallest absolute Gasteiger partial charge is 0.338 e. The number of amides is 2. The van der Waals surface area contributed by atoms with Gasteiger partial charge in [-0.25, -0.2) is 4.79 Å². The van der Waals surface area contributed by atoms with Gasteiger partial charge in [-0.1, -0.05) is 48.0 Å². The molecule has 0 aliphatic rings. The van der Waals surface area contributed by atoms with E-state index in [1.165, 1.54) is 19.2 Å². The Kier molecular flexibility index (Phi) is 8.26. The maximum absolute atomic E-state index is 12.3. The highest BCUT2D eigenvalue weighted by Gasteiger charge is 2.15. The summed E-state index contributed by atoms with van der Waals surface area (Å²) in [6.45, 7) is -0.365. The van der Waals surface area contributed by atoms with Gasteiger partial charge in [0.25, 0.3) is 11.8 Å². The number of benzene rings is 3. The number of ether oxygens (including phenoxy) is 3. The van der Waals surface area contributed by atoms with Crippen molar-refractivity contribution >= 4 is 29.4 Å². The molecule has 0 atom stereocenters. The minimum Gasteiger partial charge on any atom is -0.493 e. The summed E-state index contributed by atoms with van der Waals surface area (Å²) in [6.07, 6.45) is 0. The quantitative estimate of drug-likeness (QED) is 0.387. The first-order valence-electron chi connectivity index (χ1n) is 9.83. The van der Waals surface area contributed by atoms with E-state index in [4.69, 9.17) is 25.8 Å². The van der Waals surface area contributed by atoms with Crippen molar-refractivity contribution in [3.63, 3.8) is 0 Å². The molecule has 0 saturated heterocycles. The molecule has 0 bridgehead atoms. The minimum atomic E-state index is -0.740. The molecule has 3 rings (SSSR count). The largest absolute Gasteiger partial charge is 0.493 e. The van der Waals surface area contributed by atoms with Gasteiger partial charge in [-0.05, 0) is 36.4 Å². The van der Waals surface area contributed by atoms with E-state index in [9.17, 15) is 14.4 Å². The van der Waals surface area contributed by atoms with Crippen LogP contribution in [0.1, 0.15) is 26.3 Å². The van der Waals surface area contributed by atoms with E-state index in [1.54, 1.807) is 42.5 Å². The van der Waals surface area contributed by atoms with Gasteiger partial charge in [-0.15, -0.1) is 0 Å². The molecule has 0 heterocycles. The Morgan fingerprint density at radius 3 is 2.30 bits per heavy atom. The molecule has 0 aromatic heterocycles. The van der Waals surface area contributed by atoms with Crippen LogP contribution in [0.3, 0.4) is 0 Å². The van der Waals surface area contributed by atoms with E-state index in [-0.39, 0.29) is 12.2 Å². The van der Waals surface area contributed by atoms with E-state index in [2.05, 4.69) is 10.9 Å². The van der Waals surface area contributed by atoms with Crippen LogP contribution in [0.25, 0.3) is 0 Å². The van der Waals surface area contributed by atoms with E-state index < -0.39 is 24.4 Å². The fraction of sp³-hybridized carbons (Fsp3) is 0.125. The fourth-order valence-corrected chi connectivity index (χ4v) is 2.91. The third kappa shape index (κ3) is 6.72. The summed E-state index contributed by atoms with van der Waals surface area (Å²) in [5.41, 5.74) is 5.77. The predicted molar refractivity (Wildman–Crippen MR) is 121 cm³/mol. The normalized spacial score (nSPS) is 10.1. The average molecular weight is 469 g/mol. The van der Waals surface area contributed by atoms with Crippen LogP contribution < -0.4 is 20.3 Å². The predicted octanol–water partition coefficient (Wildman–Crippen LogP) is 3.55. The number of nitrogens with one attached hydrogen (secondary N) is 2. The molecule has 0 radical (unpaired) electrons. The molecular formula is C24H21ClN2O6. The zero-order valence-electron chi connectivity index (χ0n) is 17.7. The molecule has 3 aromatic carbocycles. The van der Waals surface area contributed by atoms with Crippen molar-refractivity contribution in [1.29, 1.82) is 0 Å². The van der Waals surface area contributed by atoms with Crippen LogP contribution in [-0.4, -0.2) is 31.5 Å². The van der Waals surface area contributed by atoms with Gasteiger partial charge in [0.05, 0.1) is 12.7 Å². The van der Waals surface area contributed by atoms with Gasteiger partial charge in [0.15, 0.2) is 18.1 Å². The second-order valence-corrected chi connectivity index (χ2v) is 7.10. The van der Waals surface area contributed by atoms with E-state index >= 15 is 0 Å². The number of hydrazine groups is 1. The Labute approximate surface area is 195 Å². The molecule has 0 saturated carbocycles. The van der Waals surface area contributed by atoms with Crippen LogP contribution in [0.5, 0.6) is 11.5 Å². The summed E-state index contributed by atoms with van der Waals surface area (Å²) >= 11 is 6.13. The zero-order chi connectivity index (χ0) is 23.6. The monoisotopic (exact) mass is 468 g/mol. The first-order chi connectivity index (χ1) is 16.0. The lowest BCUT2D eigenvalue weighted by atomic mass is 10.2. The minimum absolute atomic E-state index is 0.165. The van der Waals surface area contributed by atoms with Crippen LogP contribution in [0.2, 0.25) is 5.02 Å². The highest BCUT2D eigenvalue weighted by Crippen LogP contribution is 2.30. The molecule has 9 heteroatoms. The Balaban J connectivity index is 1.51. The van der Waals surface area contributed by atoms with Crippen LogP contribution in [0.4, 0.5) is 0 Å². The van der Waals surface area contributed by atoms with Crippen molar-refractivity contribution in [3.8, 4) is 11.5 Å². The van der Waals surface area contributed by atoms with E-state index in [0.717, 1.165) is 5.56 Å². The molecule has 0 spiro atoms. The highest BCUT2D eigenvalue weighted by atomic mass is 35.5. The van der Waals surface area contributed by atoms with Crippen LogP contribution in [0, 0.1) is 0 Å². The molecule has 2 N–H and O–H groups in total. The standard InChI is InChI=1S/C24H21ClN2O6/c1-31-21-13-17(11-12-20(21)32-14-18-9-5-6-10-19(18)25)24(30)33-15-22(28)26-27-23(29)16-7-3-2-4-8-16/h2-13H,14-15H2,1H3,(H,26,28)(H,27,29). The average Bonchev–Trinajstić information content (AvgIpc) is 2.85. The number of rotatable bonds is 8. The molecule has 0 unspecified atom stereocenters. The molecule has 2 amide bonds. The summed E-state index contributed by atoms with van der Waals surface area (Å²) in [5.74, 6) is -1.20. The lowest BCUT2D eigenvalue weighted by Gasteiger charge is -2.13. The fourth-order valence-electron chi connectivity index (χ4n) is 2.72. The van der Waals surface area contributed by atoms with Crippen molar-refractivity contribution in [2.75, 3.05) is 13.7 Å². The lowest BCUT2D eigenvalue weighted by Crippen LogP contribution is -2.43. The first-order valence-corrected chi connectivity index (χ1v) is 10.2. The summed E-state index contributed by atoms with van der Waals surface area (Å²) in [4.78, 5) is 36.1. The lowest BCUT2D eigenvalue weighted by molar-refractivity contribution is -0.125. The van der Waals surface area contributed by atoms with E-state index in [0.29, 0.717) is 22.1 Å². The van der Waals surface area contributed by atoms with Crippen molar-refractivity contribution in [2.45, 2.75) is 6.61 Å². The van der Waals surface area contributed by atoms with Gasteiger partial charge in [0.1, 0.15) is 6.61 Å². The highest BCUT2D eigenvalue weighted by molar-refractivity contribution is 6.31. The van der Waals surface area contributed by atoms with E-state index in [1.807, 2.05) is 18.2 Å². The van der Waals surface area contributed by atoms with Crippen molar-refractivity contribution < 1.29 is 28.6 Å². The van der Waals surface area contributed by atoms with Crippen LogP contribution in [0.15, 0.2) is 72.8 Å². The number of methoxy groups -OCH3 is 1. The van der Waals surface area contributed by atoms with Gasteiger partial charge in [-0.3, -0.25) is 20.4 Å². The number of esters is 1. The topological polar surface area (TPSA) is 103 Å². The third-order valence-electron chi connectivity index (χ3n) is 4.43. The van der Waals surface area contributed by atoms with Crippen molar-refractivity contribution in [1.82, 2.24) is 10.9 Å².